The monoisotopic (exact) mass is 496 g/mol. The van der Waals surface area contributed by atoms with Gasteiger partial charge < -0.3 is 5.11 Å². The van der Waals surface area contributed by atoms with Crippen molar-refractivity contribution in [1.82, 2.24) is 5.32 Å². The van der Waals surface area contributed by atoms with Crippen molar-refractivity contribution in [3.63, 3.8) is 0 Å². The molecule has 1 aliphatic rings. The minimum atomic E-state index is -3.06. The van der Waals surface area contributed by atoms with E-state index in [9.17, 15) is 4.57 Å². The zero-order valence-corrected chi connectivity index (χ0v) is 19.6. The normalized spacial score (nSPS) is 29.3. The molecule has 8 heteroatoms. The first kappa shape index (κ1) is 20.5. The number of hydrogen-bond acceptors (Lipinski definition) is 5. The topological polar surface area (TPSA) is 84.9 Å². The number of carbonyl (C=O) groups is 1. The summed E-state index contributed by atoms with van der Waals surface area (Å²) in [6.45, 7) is 7.39. The van der Waals surface area contributed by atoms with E-state index < -0.39 is 18.8 Å². The van der Waals surface area contributed by atoms with Gasteiger partial charge in [-0.05, 0) is 0 Å². The van der Waals surface area contributed by atoms with Crippen LogP contribution in [-0.4, -0.2) is 36.1 Å². The SMILES string of the molecule is CC(=O)O.COP(=O)(OC)C1(C)CC[CH]([Hg])C(C)(C)N1. The molecule has 6 nitrogen and oxygen atoms in total. The van der Waals surface area contributed by atoms with Crippen LogP contribution in [0.25, 0.3) is 0 Å². The van der Waals surface area contributed by atoms with Gasteiger partial charge in [-0.1, -0.05) is 0 Å². The summed E-state index contributed by atoms with van der Waals surface area (Å²) in [5.74, 6) is -0.833. The van der Waals surface area contributed by atoms with E-state index >= 15 is 0 Å². The fourth-order valence-electron chi connectivity index (χ4n) is 2.36. The van der Waals surface area contributed by atoms with Gasteiger partial charge in [-0.15, -0.1) is 0 Å². The fraction of sp³-hybridized carbons (Fsp3) is 0.917. The van der Waals surface area contributed by atoms with Gasteiger partial charge in [-0.2, -0.15) is 0 Å². The number of rotatable bonds is 3. The van der Waals surface area contributed by atoms with Crippen molar-refractivity contribution < 1.29 is 49.6 Å². The molecule has 0 aromatic carbocycles. The molecule has 2 atom stereocenters. The Hall–Kier alpha value is 0.515. The Balaban J connectivity index is 0.000000796. The third-order valence-corrected chi connectivity index (χ3v) is 11.7. The Labute approximate surface area is 137 Å². The summed E-state index contributed by atoms with van der Waals surface area (Å²) in [7, 11) is -0.147. The van der Waals surface area contributed by atoms with Gasteiger partial charge in [0, 0.05) is 6.92 Å². The molecular formula is C12H25HgNO5P. The number of piperidine rings is 1. The zero-order chi connectivity index (χ0) is 16.2. The van der Waals surface area contributed by atoms with Crippen LogP contribution >= 0.6 is 7.60 Å². The van der Waals surface area contributed by atoms with Crippen molar-refractivity contribution in [2.45, 2.75) is 54.8 Å². The van der Waals surface area contributed by atoms with E-state index in [1.807, 2.05) is 6.92 Å². The molecule has 0 aromatic rings. The van der Waals surface area contributed by atoms with Gasteiger partial charge >= 0.3 is 115 Å². The molecule has 1 fully saturated rings. The number of nitrogens with one attached hydrogen (secondary N) is 1. The molecule has 0 aliphatic carbocycles. The molecule has 1 rings (SSSR count). The molecule has 1 heterocycles. The van der Waals surface area contributed by atoms with E-state index in [0.29, 0.717) is 0 Å². The molecule has 20 heavy (non-hydrogen) atoms. The van der Waals surface area contributed by atoms with Crippen molar-refractivity contribution in [3.05, 3.63) is 0 Å². The molecule has 2 N–H and O–H groups in total. The van der Waals surface area contributed by atoms with Gasteiger partial charge in [0.1, 0.15) is 0 Å². The number of carboxylic acids is 1. The molecule has 0 radical (unpaired) electrons. The fourth-order valence-corrected chi connectivity index (χ4v) is 5.33. The summed E-state index contributed by atoms with van der Waals surface area (Å²) in [4.78, 5) is 9.00. The molecule has 0 aromatic heterocycles. The van der Waals surface area contributed by atoms with Gasteiger partial charge in [0.25, 0.3) is 5.97 Å². The minimum absolute atomic E-state index is 0.0306. The van der Waals surface area contributed by atoms with Crippen molar-refractivity contribution in [2.75, 3.05) is 14.2 Å². The third kappa shape index (κ3) is 5.06. The van der Waals surface area contributed by atoms with Gasteiger partial charge in [-0.25, -0.2) is 0 Å². The molecule has 0 amide bonds. The Bertz CT molecular complexity index is 378. The Morgan fingerprint density at radius 1 is 1.35 bits per heavy atom. The summed E-state index contributed by atoms with van der Waals surface area (Å²) in [5, 5.41) is 10.4. The first-order chi connectivity index (χ1) is 8.94. The Morgan fingerprint density at radius 3 is 2.05 bits per heavy atom. The third-order valence-electron chi connectivity index (χ3n) is 3.68. The van der Waals surface area contributed by atoms with E-state index in [-0.39, 0.29) is 5.54 Å². The molecule has 0 bridgehead atoms. The maximum absolute atomic E-state index is 12.5. The van der Waals surface area contributed by atoms with Gasteiger partial charge in [0.2, 0.25) is 0 Å². The average Bonchev–Trinajstić information content (AvgIpc) is 2.32. The molecular weight excluding hydrogens is 470 g/mol. The molecule has 1 aliphatic heterocycles. The summed E-state index contributed by atoms with van der Waals surface area (Å²) in [5.41, 5.74) is 0.0306. The number of carboxylic acid groups (broad SMARTS) is 1. The van der Waals surface area contributed by atoms with Crippen LogP contribution in [0.5, 0.6) is 0 Å². The van der Waals surface area contributed by atoms with Crippen LogP contribution in [0.15, 0.2) is 0 Å². The summed E-state index contributed by atoms with van der Waals surface area (Å²) >= 11 is 0.720. The Morgan fingerprint density at radius 2 is 1.75 bits per heavy atom. The van der Waals surface area contributed by atoms with E-state index in [1.54, 1.807) is 0 Å². The summed E-state index contributed by atoms with van der Waals surface area (Å²) in [6.07, 6.45) is 1.96. The number of aliphatic carboxylic acids is 1. The molecule has 0 saturated carbocycles. The summed E-state index contributed by atoms with van der Waals surface area (Å²) in [6, 6.07) is 0. The maximum atomic E-state index is 12.5. The molecule has 2 unspecified atom stereocenters. The van der Waals surface area contributed by atoms with Crippen LogP contribution in [0.1, 0.15) is 40.5 Å². The van der Waals surface area contributed by atoms with E-state index in [2.05, 4.69) is 19.2 Å². The first-order valence-electron chi connectivity index (χ1n) is 6.47. The molecule has 0 spiro atoms. The van der Waals surface area contributed by atoms with Crippen molar-refractivity contribution in [1.29, 1.82) is 0 Å². The van der Waals surface area contributed by atoms with E-state index in [4.69, 9.17) is 18.9 Å². The van der Waals surface area contributed by atoms with Crippen LogP contribution in [-0.2, 0) is 44.5 Å². The average molecular weight is 495 g/mol. The van der Waals surface area contributed by atoms with Crippen LogP contribution in [0.2, 0.25) is 3.43 Å². The van der Waals surface area contributed by atoms with Gasteiger partial charge in [-0.3, -0.25) is 4.79 Å². The second kappa shape index (κ2) is 7.68. The standard InChI is InChI=1S/C10H21NO3P.C2H4O2.Hg/c1-9(2)7-6-8-10(3,11-9)15(12,13-4)14-5;1-2(3)4;/h7,11H,6,8H2,1-5H3;1H3,(H,3,4);. The van der Waals surface area contributed by atoms with E-state index in [0.717, 1.165) is 49.3 Å². The van der Waals surface area contributed by atoms with Crippen molar-refractivity contribution >= 4 is 13.6 Å². The van der Waals surface area contributed by atoms with Crippen LogP contribution in [0.4, 0.5) is 0 Å². The number of hydrogen-bond donors (Lipinski definition) is 2. The first-order valence-corrected chi connectivity index (χ1v) is 11.2. The predicted molar refractivity (Wildman–Crippen MR) is 73.5 cm³/mol. The second-order valence-electron chi connectivity index (χ2n) is 5.74. The Kier molecular flexibility index (Phi) is 7.88. The summed E-state index contributed by atoms with van der Waals surface area (Å²) < 4.78 is 23.6. The van der Waals surface area contributed by atoms with E-state index in [1.165, 1.54) is 14.2 Å². The van der Waals surface area contributed by atoms with Crippen molar-refractivity contribution in [2.24, 2.45) is 0 Å². The zero-order valence-electron chi connectivity index (χ0n) is 13.2. The van der Waals surface area contributed by atoms with Gasteiger partial charge in [0.15, 0.2) is 0 Å². The quantitative estimate of drug-likeness (QED) is 0.464. The van der Waals surface area contributed by atoms with Crippen molar-refractivity contribution in [3.8, 4) is 0 Å². The predicted octanol–water partition coefficient (Wildman–Crippen LogP) is 2.78. The van der Waals surface area contributed by atoms with Crippen LogP contribution in [0, 0.1) is 0 Å². The molecule has 1 saturated heterocycles. The van der Waals surface area contributed by atoms with Crippen LogP contribution < -0.4 is 5.32 Å². The second-order valence-corrected chi connectivity index (χ2v) is 12.3. The van der Waals surface area contributed by atoms with Crippen LogP contribution in [0.3, 0.4) is 0 Å². The molecule has 115 valence electrons. The van der Waals surface area contributed by atoms with Gasteiger partial charge in [0.05, 0.1) is 0 Å².